The van der Waals surface area contributed by atoms with Crippen molar-refractivity contribution in [2.75, 3.05) is 13.6 Å². The molecule has 3 rings (SSSR count). The highest BCUT2D eigenvalue weighted by Crippen LogP contribution is 2.18. The van der Waals surface area contributed by atoms with Gasteiger partial charge in [-0.3, -0.25) is 0 Å². The Morgan fingerprint density at radius 2 is 1.46 bits per heavy atom. The first-order valence-electron chi connectivity index (χ1n) is 12.5. The summed E-state index contributed by atoms with van der Waals surface area (Å²) in [5, 5.41) is 31.9. The second-order valence-electron chi connectivity index (χ2n) is 10.4. The number of alkyl carbamates (subject to hydrolysis) is 1. The lowest BCUT2D eigenvalue weighted by Crippen LogP contribution is -2.54. The molecule has 0 spiro atoms. The van der Waals surface area contributed by atoms with E-state index in [1.54, 1.807) is 45.0 Å². The van der Waals surface area contributed by atoms with Crippen molar-refractivity contribution < 1.29 is 24.3 Å². The molecule has 3 aromatic carbocycles. The number of rotatable bonds is 10. The number of amides is 1. The molecule has 3 aromatic rings. The molecule has 0 radical (unpaired) electrons. The van der Waals surface area contributed by atoms with Gasteiger partial charge in [-0.2, -0.15) is 4.59 Å². The van der Waals surface area contributed by atoms with Gasteiger partial charge >= 0.3 is 6.09 Å². The zero-order valence-electron chi connectivity index (χ0n) is 22.0. The number of ether oxygens (including phenoxy) is 1. The van der Waals surface area contributed by atoms with Gasteiger partial charge in [0.05, 0.1) is 19.0 Å². The van der Waals surface area contributed by atoms with Crippen LogP contribution >= 0.6 is 0 Å². The van der Waals surface area contributed by atoms with E-state index in [-0.39, 0.29) is 17.0 Å². The molecular weight excluding hydrogens is 466 g/mol. The molecule has 196 valence electrons. The fourth-order valence-electron chi connectivity index (χ4n) is 4.12. The number of nitrogens with zero attached hydrogens (tertiary/aromatic N) is 2. The molecule has 0 bridgehead atoms. The summed E-state index contributed by atoms with van der Waals surface area (Å²) in [5.41, 5.74) is 1.72. The number of carbonyl (C=O) groups is 1. The van der Waals surface area contributed by atoms with Gasteiger partial charge in [-0.15, -0.1) is 0 Å². The average Bonchev–Trinajstić information content (AvgIpc) is 2.84. The van der Waals surface area contributed by atoms with Gasteiger partial charge < -0.3 is 20.3 Å². The Kier molecular flexibility index (Phi) is 9.44. The van der Waals surface area contributed by atoms with Crippen molar-refractivity contribution >= 4 is 12.0 Å². The second-order valence-corrected chi connectivity index (χ2v) is 10.4. The summed E-state index contributed by atoms with van der Waals surface area (Å²) in [4.78, 5) is 12.7. The van der Waals surface area contributed by atoms with Crippen molar-refractivity contribution in [1.82, 2.24) is 5.32 Å². The second kappa shape index (κ2) is 12.5. The first kappa shape index (κ1) is 27.9. The molecule has 7 heteroatoms. The van der Waals surface area contributed by atoms with Crippen molar-refractivity contribution in [3.05, 3.63) is 108 Å². The van der Waals surface area contributed by atoms with Crippen LogP contribution in [0.1, 0.15) is 37.5 Å². The lowest BCUT2D eigenvalue weighted by Gasteiger charge is -2.34. The molecule has 0 aliphatic heterocycles. The third kappa shape index (κ3) is 9.37. The fourth-order valence-corrected chi connectivity index (χ4v) is 4.12. The SMILES string of the molecule is CC(C)(C)OC(=O)NC(Cc1ccccc1)C(O)C[N@@+](C)(Cc1ccccc1)N=C([O-])c1ccccc1. The highest BCUT2D eigenvalue weighted by Gasteiger charge is 2.33. The first-order chi connectivity index (χ1) is 17.5. The smallest absolute Gasteiger partial charge is 0.407 e. The molecule has 0 aliphatic carbocycles. The van der Waals surface area contributed by atoms with Gasteiger partial charge in [0.2, 0.25) is 0 Å². The van der Waals surface area contributed by atoms with E-state index in [0.717, 1.165) is 11.1 Å². The van der Waals surface area contributed by atoms with Crippen LogP contribution in [-0.2, 0) is 17.7 Å². The Balaban J connectivity index is 1.90. The maximum absolute atomic E-state index is 13.1. The number of carbonyl (C=O) groups excluding carboxylic acids is 1. The number of quaternary nitrogens is 1. The monoisotopic (exact) mass is 503 g/mol. The molecule has 0 aromatic heterocycles. The highest BCUT2D eigenvalue weighted by molar-refractivity contribution is 5.89. The van der Waals surface area contributed by atoms with Crippen molar-refractivity contribution in [3.63, 3.8) is 0 Å². The zero-order valence-corrected chi connectivity index (χ0v) is 22.0. The normalized spacial score (nSPS) is 15.3. The molecule has 0 fully saturated rings. The van der Waals surface area contributed by atoms with Gasteiger partial charge in [0.15, 0.2) is 0 Å². The number of nitrogens with one attached hydrogen (secondary N) is 1. The van der Waals surface area contributed by atoms with Gasteiger partial charge in [0, 0.05) is 5.56 Å². The van der Waals surface area contributed by atoms with E-state index in [9.17, 15) is 15.0 Å². The van der Waals surface area contributed by atoms with Crippen LogP contribution in [0, 0.1) is 0 Å². The third-order valence-electron chi connectivity index (χ3n) is 5.76. The zero-order chi connectivity index (χ0) is 26.9. The standard InChI is InChI=1S/C30H37N3O4/c1-30(2,3)37-29(36)31-26(20-23-14-8-5-9-15-23)27(34)22-33(4,21-24-16-10-6-11-17-24)32-28(35)25-18-12-7-13-19-25/h5-19,26-27,34H,20-22H2,1-4H3,(H-,31,32,35,36)/t26?,27?,33-/m1/s1. The molecule has 0 heterocycles. The topological polar surface area (TPSA) is 94.0 Å². The van der Waals surface area contributed by atoms with Crippen LogP contribution in [0.2, 0.25) is 0 Å². The third-order valence-corrected chi connectivity index (χ3v) is 5.76. The number of aliphatic hydroxyl groups excluding tert-OH is 1. The summed E-state index contributed by atoms with van der Waals surface area (Å²) < 4.78 is 5.36. The molecule has 3 atom stereocenters. The predicted octanol–water partition coefficient (Wildman–Crippen LogP) is 3.85. The maximum atomic E-state index is 13.1. The van der Waals surface area contributed by atoms with E-state index in [1.807, 2.05) is 73.8 Å². The van der Waals surface area contributed by atoms with E-state index in [0.29, 0.717) is 18.5 Å². The molecule has 0 saturated carbocycles. The summed E-state index contributed by atoms with van der Waals surface area (Å²) in [6.07, 6.45) is -1.24. The van der Waals surface area contributed by atoms with Crippen molar-refractivity contribution in [2.24, 2.45) is 5.10 Å². The van der Waals surface area contributed by atoms with E-state index in [4.69, 9.17) is 4.74 Å². The maximum Gasteiger partial charge on any atom is 0.407 e. The minimum Gasteiger partial charge on any atom is -0.855 e. The fraction of sp³-hybridized carbons (Fsp3) is 0.333. The number of benzene rings is 3. The number of hydrogen-bond acceptors (Lipinski definition) is 5. The van der Waals surface area contributed by atoms with Gasteiger partial charge in [0.1, 0.15) is 24.8 Å². The molecule has 0 aliphatic rings. The molecule has 2 N–H and O–H groups in total. The average molecular weight is 504 g/mol. The summed E-state index contributed by atoms with van der Waals surface area (Å²) >= 11 is 0. The molecule has 7 nitrogen and oxygen atoms in total. The van der Waals surface area contributed by atoms with Crippen LogP contribution < -0.4 is 10.4 Å². The van der Waals surface area contributed by atoms with Gasteiger partial charge in [-0.1, -0.05) is 96.1 Å². The Labute approximate surface area is 219 Å². The molecule has 1 amide bonds. The van der Waals surface area contributed by atoms with Gasteiger partial charge in [-0.25, -0.2) is 4.79 Å². The summed E-state index contributed by atoms with van der Waals surface area (Å²) in [6, 6.07) is 27.5. The quantitative estimate of drug-likeness (QED) is 0.190. The van der Waals surface area contributed by atoms with Crippen LogP contribution in [-0.4, -0.2) is 53.0 Å². The predicted molar refractivity (Wildman–Crippen MR) is 143 cm³/mol. The highest BCUT2D eigenvalue weighted by atomic mass is 16.6. The van der Waals surface area contributed by atoms with Crippen LogP contribution in [0.25, 0.3) is 0 Å². The van der Waals surface area contributed by atoms with Crippen LogP contribution in [0.4, 0.5) is 4.79 Å². The molecule has 0 saturated heterocycles. The minimum atomic E-state index is -1.02. The van der Waals surface area contributed by atoms with Crippen LogP contribution in [0.3, 0.4) is 0 Å². The summed E-state index contributed by atoms with van der Waals surface area (Å²) in [7, 11) is 1.81. The first-order valence-corrected chi connectivity index (χ1v) is 12.5. The number of hydrogen-bond donors (Lipinski definition) is 2. The van der Waals surface area contributed by atoms with Gasteiger partial charge in [-0.05, 0) is 38.3 Å². The van der Waals surface area contributed by atoms with Crippen LogP contribution in [0.5, 0.6) is 0 Å². The van der Waals surface area contributed by atoms with E-state index in [1.165, 1.54) is 0 Å². The Bertz CT molecular complexity index is 1150. The Morgan fingerprint density at radius 3 is 2.00 bits per heavy atom. The van der Waals surface area contributed by atoms with Crippen molar-refractivity contribution in [2.45, 2.75) is 51.5 Å². The van der Waals surface area contributed by atoms with E-state index < -0.39 is 23.8 Å². The summed E-state index contributed by atoms with van der Waals surface area (Å²) in [5.74, 6) is -0.369. The van der Waals surface area contributed by atoms with Crippen molar-refractivity contribution in [1.29, 1.82) is 0 Å². The minimum absolute atomic E-state index is 0.0970. The number of aliphatic hydroxyl groups is 1. The lowest BCUT2D eigenvalue weighted by molar-refractivity contribution is -0.933. The largest absolute Gasteiger partial charge is 0.855 e. The summed E-state index contributed by atoms with van der Waals surface area (Å²) in [6.45, 7) is 5.85. The lowest BCUT2D eigenvalue weighted by atomic mass is 10.0. The van der Waals surface area contributed by atoms with Crippen LogP contribution in [0.15, 0.2) is 96.1 Å². The Hall–Kier alpha value is -3.68. The van der Waals surface area contributed by atoms with Crippen molar-refractivity contribution in [3.8, 4) is 0 Å². The molecule has 37 heavy (non-hydrogen) atoms. The molecular formula is C30H37N3O4. The number of likely N-dealkylation sites (N-methyl/N-ethyl adjacent to an activating group) is 1. The molecule has 2 unspecified atom stereocenters. The Morgan fingerprint density at radius 1 is 0.946 bits per heavy atom. The van der Waals surface area contributed by atoms with Gasteiger partial charge in [0.25, 0.3) is 0 Å². The van der Waals surface area contributed by atoms with E-state index >= 15 is 0 Å². The van der Waals surface area contributed by atoms with E-state index in [2.05, 4.69) is 10.4 Å².